The largest absolute Gasteiger partial charge is 0.469 e. The summed E-state index contributed by atoms with van der Waals surface area (Å²) >= 11 is 0. The van der Waals surface area contributed by atoms with Gasteiger partial charge in [-0.1, -0.05) is 12.1 Å². The monoisotopic (exact) mass is 331 g/mol. The molecular weight excluding hydrogens is 313 g/mol. The van der Waals surface area contributed by atoms with Gasteiger partial charge in [-0.2, -0.15) is 0 Å². The maximum atomic E-state index is 13.7. The molecule has 0 spiro atoms. The number of nitrogens with one attached hydrogen (secondary N) is 2. The van der Waals surface area contributed by atoms with Crippen molar-refractivity contribution in [3.63, 3.8) is 0 Å². The Balaban J connectivity index is 2.01. The zero-order valence-electron chi connectivity index (χ0n) is 13.2. The van der Waals surface area contributed by atoms with Gasteiger partial charge in [0.25, 0.3) is 5.91 Å². The van der Waals surface area contributed by atoms with Crippen molar-refractivity contribution < 1.29 is 18.7 Å². The molecule has 126 valence electrons. The van der Waals surface area contributed by atoms with Gasteiger partial charge in [0.1, 0.15) is 11.6 Å². The molecular formula is C17H18FN3O3. The number of anilines is 2. The second kappa shape index (κ2) is 8.61. The quantitative estimate of drug-likeness (QED) is 0.602. The number of hydrogen-bond donors (Lipinski definition) is 2. The molecule has 24 heavy (non-hydrogen) atoms. The minimum Gasteiger partial charge on any atom is -0.469 e. The number of carbonyl (C=O) groups excluding carboxylic acids is 2. The second-order valence-electron chi connectivity index (χ2n) is 4.94. The zero-order chi connectivity index (χ0) is 17.4. The van der Waals surface area contributed by atoms with Crippen LogP contribution in [0.5, 0.6) is 0 Å². The topological polar surface area (TPSA) is 80.3 Å². The highest BCUT2D eigenvalue weighted by atomic mass is 19.1. The maximum absolute atomic E-state index is 13.7. The lowest BCUT2D eigenvalue weighted by Crippen LogP contribution is -2.26. The molecule has 0 aliphatic heterocycles. The van der Waals surface area contributed by atoms with Crippen LogP contribution in [0.4, 0.5) is 15.9 Å². The van der Waals surface area contributed by atoms with Gasteiger partial charge in [0.2, 0.25) is 0 Å². The Bertz CT molecular complexity index is 722. The average Bonchev–Trinajstić information content (AvgIpc) is 2.60. The molecule has 0 atom stereocenters. The number of carbonyl (C=O) groups is 2. The number of esters is 1. The molecule has 2 aromatic rings. The first-order valence-corrected chi connectivity index (χ1v) is 7.43. The lowest BCUT2D eigenvalue weighted by molar-refractivity contribution is -0.140. The zero-order valence-corrected chi connectivity index (χ0v) is 13.2. The van der Waals surface area contributed by atoms with Crippen molar-refractivity contribution >= 4 is 23.4 Å². The Morgan fingerprint density at radius 2 is 2.00 bits per heavy atom. The molecule has 0 radical (unpaired) electrons. The summed E-state index contributed by atoms with van der Waals surface area (Å²) in [6, 6.07) is 9.34. The molecule has 0 saturated carbocycles. The van der Waals surface area contributed by atoms with Crippen LogP contribution in [0.3, 0.4) is 0 Å². The van der Waals surface area contributed by atoms with Crippen LogP contribution in [-0.4, -0.2) is 30.5 Å². The summed E-state index contributed by atoms with van der Waals surface area (Å²) in [5.74, 6) is -0.861. The predicted octanol–water partition coefficient (Wildman–Crippen LogP) is 2.65. The summed E-state index contributed by atoms with van der Waals surface area (Å²) in [6.45, 7) is 0.321. The number of halogens is 1. The van der Waals surface area contributed by atoms with E-state index in [1.54, 1.807) is 30.3 Å². The summed E-state index contributed by atoms with van der Waals surface area (Å²) in [5.41, 5.74) is 0.523. The molecule has 2 rings (SSSR count). The van der Waals surface area contributed by atoms with E-state index >= 15 is 0 Å². The summed E-state index contributed by atoms with van der Waals surface area (Å²) in [6.07, 6.45) is 2.20. The van der Waals surface area contributed by atoms with Crippen molar-refractivity contribution in [2.45, 2.75) is 12.8 Å². The second-order valence-corrected chi connectivity index (χ2v) is 4.94. The van der Waals surface area contributed by atoms with Crippen LogP contribution in [-0.2, 0) is 9.53 Å². The molecule has 0 saturated heterocycles. The highest BCUT2D eigenvalue weighted by Crippen LogP contribution is 2.20. The number of ether oxygens (including phenoxy) is 1. The third-order valence-electron chi connectivity index (χ3n) is 3.25. The number of aromatic nitrogens is 1. The van der Waals surface area contributed by atoms with Crippen molar-refractivity contribution in [3.05, 3.63) is 54.0 Å². The maximum Gasteiger partial charge on any atom is 0.305 e. The van der Waals surface area contributed by atoms with Gasteiger partial charge in [-0.05, 0) is 30.7 Å². The molecule has 1 heterocycles. The first kappa shape index (κ1) is 17.4. The van der Waals surface area contributed by atoms with Gasteiger partial charge in [0, 0.05) is 19.2 Å². The molecule has 0 fully saturated rings. The minimum absolute atomic E-state index is 0.226. The minimum atomic E-state index is -0.437. The molecule has 2 N–H and O–H groups in total. The fraction of sp³-hybridized carbons (Fsp3) is 0.235. The summed E-state index contributed by atoms with van der Waals surface area (Å²) in [4.78, 5) is 27.4. The van der Waals surface area contributed by atoms with E-state index < -0.39 is 5.82 Å². The van der Waals surface area contributed by atoms with Gasteiger partial charge in [0.05, 0.1) is 18.4 Å². The van der Waals surface area contributed by atoms with E-state index in [4.69, 9.17) is 0 Å². The van der Waals surface area contributed by atoms with E-state index in [9.17, 15) is 14.0 Å². The number of methoxy groups -OCH3 is 1. The molecule has 1 aromatic heterocycles. The molecule has 6 nitrogen and oxygen atoms in total. The Morgan fingerprint density at radius 1 is 1.21 bits per heavy atom. The number of nitrogens with zero attached hydrogens (tertiary/aromatic N) is 1. The van der Waals surface area contributed by atoms with Gasteiger partial charge in [-0.3, -0.25) is 9.59 Å². The third-order valence-corrected chi connectivity index (χ3v) is 3.25. The van der Waals surface area contributed by atoms with Crippen LogP contribution in [0.1, 0.15) is 23.2 Å². The Morgan fingerprint density at radius 3 is 2.75 bits per heavy atom. The van der Waals surface area contributed by atoms with Crippen LogP contribution in [0, 0.1) is 5.82 Å². The molecule has 0 aliphatic carbocycles. The third kappa shape index (κ3) is 4.77. The van der Waals surface area contributed by atoms with Gasteiger partial charge in [-0.25, -0.2) is 9.37 Å². The number of pyridine rings is 1. The van der Waals surface area contributed by atoms with E-state index in [1.165, 1.54) is 19.4 Å². The van der Waals surface area contributed by atoms with Gasteiger partial charge >= 0.3 is 5.97 Å². The fourth-order valence-electron chi connectivity index (χ4n) is 2.01. The highest BCUT2D eigenvalue weighted by molar-refractivity contribution is 5.99. The smallest absolute Gasteiger partial charge is 0.305 e. The van der Waals surface area contributed by atoms with E-state index in [0.29, 0.717) is 18.5 Å². The molecule has 1 aromatic carbocycles. The SMILES string of the molecule is COC(=O)CCCNC(=O)c1cccnc1Nc1ccccc1F. The number of hydrogen-bond acceptors (Lipinski definition) is 5. The van der Waals surface area contributed by atoms with Crippen LogP contribution in [0.25, 0.3) is 0 Å². The molecule has 0 unspecified atom stereocenters. The van der Waals surface area contributed by atoms with E-state index in [2.05, 4.69) is 20.4 Å². The Labute approximate surface area is 139 Å². The van der Waals surface area contributed by atoms with Crippen LogP contribution in [0.2, 0.25) is 0 Å². The van der Waals surface area contributed by atoms with Gasteiger partial charge in [0.15, 0.2) is 0 Å². The average molecular weight is 331 g/mol. The lowest BCUT2D eigenvalue weighted by Gasteiger charge is -2.11. The highest BCUT2D eigenvalue weighted by Gasteiger charge is 2.13. The van der Waals surface area contributed by atoms with Gasteiger partial charge in [-0.15, -0.1) is 0 Å². The summed E-state index contributed by atoms with van der Waals surface area (Å²) < 4.78 is 18.3. The van der Waals surface area contributed by atoms with Crippen molar-refractivity contribution in [2.24, 2.45) is 0 Å². The molecule has 0 aliphatic rings. The fourth-order valence-corrected chi connectivity index (χ4v) is 2.01. The first-order valence-electron chi connectivity index (χ1n) is 7.43. The number of benzene rings is 1. The van der Waals surface area contributed by atoms with Crippen molar-refractivity contribution in [1.82, 2.24) is 10.3 Å². The first-order chi connectivity index (χ1) is 11.6. The number of rotatable bonds is 7. The lowest BCUT2D eigenvalue weighted by atomic mass is 10.2. The van der Waals surface area contributed by atoms with Crippen molar-refractivity contribution in [2.75, 3.05) is 19.0 Å². The molecule has 1 amide bonds. The predicted molar refractivity (Wildman–Crippen MR) is 87.5 cm³/mol. The van der Waals surface area contributed by atoms with Gasteiger partial charge < -0.3 is 15.4 Å². The Hall–Kier alpha value is -2.96. The summed E-state index contributed by atoms with van der Waals surface area (Å²) in [5, 5.41) is 5.52. The summed E-state index contributed by atoms with van der Waals surface area (Å²) in [7, 11) is 1.32. The van der Waals surface area contributed by atoms with Crippen molar-refractivity contribution in [1.29, 1.82) is 0 Å². The number of amides is 1. The molecule has 7 heteroatoms. The van der Waals surface area contributed by atoms with Crippen molar-refractivity contribution in [3.8, 4) is 0 Å². The number of para-hydroxylation sites is 1. The van der Waals surface area contributed by atoms with Crippen LogP contribution in [0.15, 0.2) is 42.6 Å². The van der Waals surface area contributed by atoms with E-state index in [1.807, 2.05) is 0 Å². The normalized spacial score (nSPS) is 10.1. The molecule has 0 bridgehead atoms. The van der Waals surface area contributed by atoms with E-state index in [0.717, 1.165) is 0 Å². The van der Waals surface area contributed by atoms with E-state index in [-0.39, 0.29) is 29.8 Å². The standard InChI is InChI=1S/C17H18FN3O3/c1-24-15(22)9-5-11-20-17(23)12-6-4-10-19-16(12)21-14-8-3-2-7-13(14)18/h2-4,6-8,10H,5,9,11H2,1H3,(H,19,21)(H,20,23). The van der Waals surface area contributed by atoms with Crippen LogP contribution >= 0.6 is 0 Å². The van der Waals surface area contributed by atoms with Crippen LogP contribution < -0.4 is 10.6 Å². The Kier molecular flexibility index (Phi) is 6.24.